The Labute approximate surface area is 157 Å². The molecule has 2 N–H and O–H groups in total. The molecule has 8 heteroatoms. The molecule has 2 amide bonds. The van der Waals surface area contributed by atoms with E-state index < -0.39 is 0 Å². The standard InChI is InChI=1S/C17H12Cl2N2O3S/c18-14-8-12(15(19)25-14)16(22)20-9-10-3-5-11(6-4-10)21-17(23)13-2-1-7-24-13/h1-8H,9H2,(H,20,22)(H,21,23). The van der Waals surface area contributed by atoms with Gasteiger partial charge in [-0.15, -0.1) is 11.3 Å². The van der Waals surface area contributed by atoms with Gasteiger partial charge in [-0.2, -0.15) is 0 Å². The van der Waals surface area contributed by atoms with Gasteiger partial charge >= 0.3 is 0 Å². The largest absolute Gasteiger partial charge is 0.459 e. The van der Waals surface area contributed by atoms with Crippen molar-refractivity contribution in [1.82, 2.24) is 5.32 Å². The molecule has 0 atom stereocenters. The molecule has 0 radical (unpaired) electrons. The molecule has 25 heavy (non-hydrogen) atoms. The number of nitrogens with one attached hydrogen (secondary N) is 2. The van der Waals surface area contributed by atoms with Crippen LogP contribution in [0, 0.1) is 0 Å². The van der Waals surface area contributed by atoms with Crippen molar-refractivity contribution in [2.24, 2.45) is 0 Å². The quantitative estimate of drug-likeness (QED) is 0.650. The van der Waals surface area contributed by atoms with Gasteiger partial charge in [-0.3, -0.25) is 9.59 Å². The summed E-state index contributed by atoms with van der Waals surface area (Å²) in [5.41, 5.74) is 1.87. The van der Waals surface area contributed by atoms with Crippen molar-refractivity contribution in [2.45, 2.75) is 6.54 Å². The number of anilines is 1. The Morgan fingerprint density at radius 3 is 2.44 bits per heavy atom. The molecule has 0 saturated carbocycles. The number of halogens is 2. The minimum atomic E-state index is -0.324. The van der Waals surface area contributed by atoms with Gasteiger partial charge < -0.3 is 15.1 Å². The van der Waals surface area contributed by atoms with E-state index in [-0.39, 0.29) is 17.6 Å². The Balaban J connectivity index is 1.56. The third kappa shape index (κ3) is 4.42. The summed E-state index contributed by atoms with van der Waals surface area (Å²) in [7, 11) is 0. The van der Waals surface area contributed by atoms with Crippen LogP contribution in [-0.4, -0.2) is 11.8 Å². The van der Waals surface area contributed by atoms with E-state index in [4.69, 9.17) is 27.6 Å². The Hall–Kier alpha value is -2.28. The van der Waals surface area contributed by atoms with E-state index in [0.717, 1.165) is 16.9 Å². The van der Waals surface area contributed by atoms with Crippen LogP contribution in [0.15, 0.2) is 53.1 Å². The van der Waals surface area contributed by atoms with Crippen molar-refractivity contribution in [3.05, 3.63) is 74.3 Å². The highest BCUT2D eigenvalue weighted by atomic mass is 35.5. The van der Waals surface area contributed by atoms with Crippen molar-refractivity contribution >= 4 is 52.0 Å². The number of hydrogen-bond acceptors (Lipinski definition) is 4. The van der Waals surface area contributed by atoms with Crippen LogP contribution >= 0.6 is 34.5 Å². The van der Waals surface area contributed by atoms with Gasteiger partial charge in [-0.1, -0.05) is 35.3 Å². The monoisotopic (exact) mass is 394 g/mol. The highest BCUT2D eigenvalue weighted by Crippen LogP contribution is 2.31. The predicted octanol–water partition coefficient (Wildman–Crippen LogP) is 4.83. The lowest BCUT2D eigenvalue weighted by Gasteiger charge is -2.07. The molecule has 5 nitrogen and oxygen atoms in total. The highest BCUT2D eigenvalue weighted by molar-refractivity contribution is 7.20. The lowest BCUT2D eigenvalue weighted by molar-refractivity contribution is 0.0950. The summed E-state index contributed by atoms with van der Waals surface area (Å²) < 4.78 is 5.86. The normalized spacial score (nSPS) is 10.5. The molecule has 0 aliphatic rings. The molecule has 3 rings (SSSR count). The van der Waals surface area contributed by atoms with E-state index in [0.29, 0.717) is 26.5 Å². The summed E-state index contributed by atoms with van der Waals surface area (Å²) in [5.74, 6) is -0.374. The van der Waals surface area contributed by atoms with Crippen LogP contribution in [-0.2, 0) is 6.54 Å². The van der Waals surface area contributed by atoms with Crippen LogP contribution in [0.5, 0.6) is 0 Å². The second-order valence-corrected chi connectivity index (χ2v) is 7.33. The second kappa shape index (κ2) is 7.74. The average Bonchev–Trinajstić information content (AvgIpc) is 3.23. The Kier molecular flexibility index (Phi) is 5.43. The van der Waals surface area contributed by atoms with E-state index in [1.807, 2.05) is 0 Å². The molecular formula is C17H12Cl2N2O3S. The van der Waals surface area contributed by atoms with Crippen LogP contribution in [0.4, 0.5) is 5.69 Å². The molecule has 0 bridgehead atoms. The lowest BCUT2D eigenvalue weighted by Crippen LogP contribution is -2.22. The van der Waals surface area contributed by atoms with Gasteiger partial charge in [0.2, 0.25) is 0 Å². The van der Waals surface area contributed by atoms with E-state index >= 15 is 0 Å². The first kappa shape index (κ1) is 17.5. The minimum absolute atomic E-state index is 0.239. The number of rotatable bonds is 5. The molecule has 0 saturated heterocycles. The third-order valence-electron chi connectivity index (χ3n) is 3.31. The number of benzene rings is 1. The molecule has 0 spiro atoms. The van der Waals surface area contributed by atoms with Crippen molar-refractivity contribution in [2.75, 3.05) is 5.32 Å². The fraction of sp³-hybridized carbons (Fsp3) is 0.0588. The highest BCUT2D eigenvalue weighted by Gasteiger charge is 2.14. The average molecular weight is 395 g/mol. The van der Waals surface area contributed by atoms with Crippen LogP contribution in [0.1, 0.15) is 26.5 Å². The van der Waals surface area contributed by atoms with Gasteiger partial charge in [0.05, 0.1) is 16.2 Å². The van der Waals surface area contributed by atoms with Crippen LogP contribution in [0.25, 0.3) is 0 Å². The molecule has 3 aromatic rings. The van der Waals surface area contributed by atoms with Crippen molar-refractivity contribution in [1.29, 1.82) is 0 Å². The fourth-order valence-electron chi connectivity index (χ4n) is 2.08. The van der Waals surface area contributed by atoms with E-state index in [9.17, 15) is 9.59 Å². The number of carbonyl (C=O) groups is 2. The first-order valence-corrected chi connectivity index (χ1v) is 8.77. The Morgan fingerprint density at radius 1 is 1.08 bits per heavy atom. The fourth-order valence-corrected chi connectivity index (χ4v) is 3.54. The number of thiophene rings is 1. The van der Waals surface area contributed by atoms with Crippen LogP contribution < -0.4 is 10.6 Å². The molecule has 0 aliphatic heterocycles. The summed E-state index contributed by atoms with van der Waals surface area (Å²) >= 11 is 12.9. The molecule has 0 aliphatic carbocycles. The summed E-state index contributed by atoms with van der Waals surface area (Å²) in [6.07, 6.45) is 1.44. The van der Waals surface area contributed by atoms with Gasteiger partial charge in [-0.05, 0) is 35.9 Å². The van der Waals surface area contributed by atoms with Crippen LogP contribution in [0.3, 0.4) is 0 Å². The van der Waals surface area contributed by atoms with Crippen LogP contribution in [0.2, 0.25) is 8.67 Å². The summed E-state index contributed by atoms with van der Waals surface area (Å²) in [6, 6.07) is 11.9. The van der Waals surface area contributed by atoms with E-state index in [1.165, 1.54) is 12.3 Å². The SMILES string of the molecule is O=C(Nc1ccc(CNC(=O)c2cc(Cl)sc2Cl)cc1)c1ccco1. The summed E-state index contributed by atoms with van der Waals surface area (Å²) in [6.45, 7) is 0.328. The topological polar surface area (TPSA) is 71.3 Å². The maximum Gasteiger partial charge on any atom is 0.291 e. The third-order valence-corrected chi connectivity index (χ3v) is 4.80. The molecule has 0 fully saturated rings. The predicted molar refractivity (Wildman–Crippen MR) is 98.6 cm³/mol. The second-order valence-electron chi connectivity index (χ2n) is 5.05. The minimum Gasteiger partial charge on any atom is -0.459 e. The van der Waals surface area contributed by atoms with Crippen molar-refractivity contribution < 1.29 is 14.0 Å². The summed E-state index contributed by atoms with van der Waals surface area (Å²) in [4.78, 5) is 24.0. The summed E-state index contributed by atoms with van der Waals surface area (Å²) in [5, 5.41) is 5.50. The zero-order valence-corrected chi connectivity index (χ0v) is 15.0. The van der Waals surface area contributed by atoms with E-state index in [2.05, 4.69) is 10.6 Å². The Bertz CT molecular complexity index is 889. The first-order chi connectivity index (χ1) is 12.0. The zero-order valence-electron chi connectivity index (χ0n) is 12.7. The number of furan rings is 1. The maximum atomic E-state index is 12.1. The molecule has 0 unspecified atom stereocenters. The number of amides is 2. The van der Waals surface area contributed by atoms with Gasteiger partial charge in [-0.25, -0.2) is 0 Å². The number of hydrogen-bond donors (Lipinski definition) is 2. The van der Waals surface area contributed by atoms with Crippen molar-refractivity contribution in [3.8, 4) is 0 Å². The number of carbonyl (C=O) groups excluding carboxylic acids is 2. The van der Waals surface area contributed by atoms with Crippen molar-refractivity contribution in [3.63, 3.8) is 0 Å². The van der Waals surface area contributed by atoms with Gasteiger partial charge in [0.25, 0.3) is 11.8 Å². The lowest BCUT2D eigenvalue weighted by atomic mass is 10.2. The maximum absolute atomic E-state index is 12.1. The molecular weight excluding hydrogens is 383 g/mol. The van der Waals surface area contributed by atoms with Gasteiger partial charge in [0.1, 0.15) is 4.34 Å². The van der Waals surface area contributed by atoms with E-state index in [1.54, 1.807) is 36.4 Å². The zero-order chi connectivity index (χ0) is 17.8. The Morgan fingerprint density at radius 2 is 1.84 bits per heavy atom. The van der Waals surface area contributed by atoms with Gasteiger partial charge in [0.15, 0.2) is 5.76 Å². The first-order valence-electron chi connectivity index (χ1n) is 7.20. The molecule has 1 aromatic carbocycles. The smallest absolute Gasteiger partial charge is 0.291 e. The molecule has 128 valence electrons. The van der Waals surface area contributed by atoms with Gasteiger partial charge in [0, 0.05) is 12.2 Å². The molecule has 2 heterocycles. The molecule has 2 aromatic heterocycles.